The van der Waals surface area contributed by atoms with E-state index in [1.165, 1.54) is 11.0 Å². The number of alkyl halides is 3. The predicted molar refractivity (Wildman–Crippen MR) is 81.0 cm³/mol. The molecule has 1 saturated heterocycles. The molecule has 2 aromatic heterocycles. The fraction of sp³-hybridized carbons (Fsp3) is 0.400. The average Bonchev–Trinajstić information content (AvgIpc) is 3.11. The summed E-state index contributed by atoms with van der Waals surface area (Å²) in [6.07, 6.45) is -4.17. The Hall–Kier alpha value is -2.16. The summed E-state index contributed by atoms with van der Waals surface area (Å²) in [4.78, 5) is 29.1. The molecule has 1 aliphatic heterocycles. The molecule has 3 rings (SSSR count). The predicted octanol–water partition coefficient (Wildman–Crippen LogP) is 3.17. The molecule has 1 N–H and O–H groups in total. The molecule has 5 nitrogen and oxygen atoms in total. The van der Waals surface area contributed by atoms with Crippen molar-refractivity contribution in [2.75, 3.05) is 13.1 Å². The van der Waals surface area contributed by atoms with Gasteiger partial charge in [-0.3, -0.25) is 9.59 Å². The van der Waals surface area contributed by atoms with Gasteiger partial charge in [0.25, 0.3) is 5.91 Å². The van der Waals surface area contributed by atoms with Gasteiger partial charge in [-0.2, -0.15) is 13.2 Å². The van der Waals surface area contributed by atoms with Crippen molar-refractivity contribution in [3.05, 3.63) is 28.3 Å². The number of amides is 1. The van der Waals surface area contributed by atoms with E-state index in [-0.39, 0.29) is 17.3 Å². The largest absolute Gasteiger partial charge is 0.481 e. The molecule has 2 aromatic rings. The number of nitrogens with zero attached hydrogens (tertiary/aromatic N) is 2. The summed E-state index contributed by atoms with van der Waals surface area (Å²) < 4.78 is 38.3. The lowest BCUT2D eigenvalue weighted by atomic mass is 10.1. The Morgan fingerprint density at radius 1 is 1.38 bits per heavy atom. The van der Waals surface area contributed by atoms with Crippen molar-refractivity contribution in [1.82, 2.24) is 9.88 Å². The second-order valence-electron chi connectivity index (χ2n) is 5.68. The highest BCUT2D eigenvalue weighted by atomic mass is 32.1. The minimum absolute atomic E-state index is 0.114. The number of carboxylic acid groups (broad SMARTS) is 1. The molecular weight excluding hydrogens is 345 g/mol. The Morgan fingerprint density at radius 3 is 2.67 bits per heavy atom. The molecule has 0 radical (unpaired) electrons. The Morgan fingerprint density at radius 2 is 2.08 bits per heavy atom. The lowest BCUT2D eigenvalue weighted by Gasteiger charge is -2.15. The molecule has 3 heterocycles. The first-order chi connectivity index (χ1) is 11.2. The van der Waals surface area contributed by atoms with Crippen LogP contribution in [0.2, 0.25) is 0 Å². The number of hydrogen-bond donors (Lipinski definition) is 1. The van der Waals surface area contributed by atoms with Crippen LogP contribution in [-0.4, -0.2) is 40.0 Å². The van der Waals surface area contributed by atoms with Crippen molar-refractivity contribution < 1.29 is 27.9 Å². The number of hydrogen-bond acceptors (Lipinski definition) is 4. The van der Waals surface area contributed by atoms with Gasteiger partial charge in [0.2, 0.25) is 0 Å². The Bertz CT molecular complexity index is 831. The molecule has 1 amide bonds. The Labute approximate surface area is 138 Å². The highest BCUT2D eigenvalue weighted by Crippen LogP contribution is 2.35. The maximum Gasteiger partial charge on any atom is 0.433 e. The van der Waals surface area contributed by atoms with Crippen LogP contribution in [0.15, 0.2) is 12.1 Å². The van der Waals surface area contributed by atoms with Gasteiger partial charge in [0, 0.05) is 18.5 Å². The number of thiophene rings is 1. The summed E-state index contributed by atoms with van der Waals surface area (Å²) in [6, 6.07) is 2.21. The molecular formula is C15H13F3N2O3S. The van der Waals surface area contributed by atoms with Gasteiger partial charge in [0.05, 0.1) is 10.8 Å². The molecule has 128 valence electrons. The van der Waals surface area contributed by atoms with Crippen LogP contribution >= 0.6 is 11.3 Å². The second-order valence-corrected chi connectivity index (χ2v) is 6.68. The number of rotatable bonds is 2. The van der Waals surface area contributed by atoms with Crippen LogP contribution in [0.25, 0.3) is 10.2 Å². The van der Waals surface area contributed by atoms with E-state index in [1.54, 1.807) is 6.92 Å². The van der Waals surface area contributed by atoms with Crippen LogP contribution in [0.5, 0.6) is 0 Å². The highest BCUT2D eigenvalue weighted by molar-refractivity contribution is 7.20. The number of fused-ring (bicyclic) bond motifs is 1. The maximum atomic E-state index is 12.8. The SMILES string of the molecule is Cc1c(C(=O)N2CCC(C(=O)O)C2)sc2nc(C(F)(F)F)ccc12. The molecule has 1 unspecified atom stereocenters. The number of aliphatic carboxylic acids is 1. The van der Waals surface area contributed by atoms with Gasteiger partial charge in [-0.1, -0.05) is 0 Å². The maximum absolute atomic E-state index is 12.8. The number of halogens is 3. The third kappa shape index (κ3) is 2.83. The quantitative estimate of drug-likeness (QED) is 0.895. The van der Waals surface area contributed by atoms with E-state index < -0.39 is 23.8 Å². The molecule has 0 bridgehead atoms. The van der Waals surface area contributed by atoms with Crippen LogP contribution < -0.4 is 0 Å². The zero-order valence-electron chi connectivity index (χ0n) is 12.6. The molecule has 0 spiro atoms. The van der Waals surface area contributed by atoms with Gasteiger partial charge in [0.15, 0.2) is 0 Å². The summed E-state index contributed by atoms with van der Waals surface area (Å²) in [6.45, 7) is 2.10. The van der Waals surface area contributed by atoms with E-state index in [9.17, 15) is 22.8 Å². The van der Waals surface area contributed by atoms with Crippen molar-refractivity contribution >= 4 is 33.4 Å². The van der Waals surface area contributed by atoms with Crippen LogP contribution in [-0.2, 0) is 11.0 Å². The number of aromatic nitrogens is 1. The summed E-state index contributed by atoms with van der Waals surface area (Å²) in [5.41, 5.74) is -0.428. The minimum atomic E-state index is -4.54. The molecule has 1 fully saturated rings. The summed E-state index contributed by atoms with van der Waals surface area (Å²) >= 11 is 0.909. The average molecular weight is 358 g/mol. The van der Waals surface area contributed by atoms with Crippen molar-refractivity contribution in [3.8, 4) is 0 Å². The molecule has 1 atom stereocenters. The Kier molecular flexibility index (Phi) is 3.98. The van der Waals surface area contributed by atoms with E-state index in [4.69, 9.17) is 5.11 Å². The normalized spacial score (nSPS) is 18.3. The first kappa shape index (κ1) is 16.7. The van der Waals surface area contributed by atoms with Gasteiger partial charge < -0.3 is 10.0 Å². The van der Waals surface area contributed by atoms with Gasteiger partial charge in [-0.25, -0.2) is 4.98 Å². The first-order valence-electron chi connectivity index (χ1n) is 7.18. The van der Waals surface area contributed by atoms with E-state index in [1.807, 2.05) is 0 Å². The smallest absolute Gasteiger partial charge is 0.433 e. The molecule has 9 heteroatoms. The minimum Gasteiger partial charge on any atom is -0.481 e. The standard InChI is InChI=1S/C15H13F3N2O3S/c1-7-9-2-3-10(15(16,17)18)19-12(9)24-11(7)13(21)20-5-4-8(6-20)14(22)23/h2-3,8H,4-6H2,1H3,(H,22,23). The monoisotopic (exact) mass is 358 g/mol. The number of carbonyl (C=O) groups is 2. The zero-order valence-corrected chi connectivity index (χ0v) is 13.4. The van der Waals surface area contributed by atoms with E-state index in [0.29, 0.717) is 28.8 Å². The van der Waals surface area contributed by atoms with E-state index in [0.717, 1.165) is 17.4 Å². The topological polar surface area (TPSA) is 70.5 Å². The number of carboxylic acids is 1. The molecule has 24 heavy (non-hydrogen) atoms. The van der Waals surface area contributed by atoms with E-state index in [2.05, 4.69) is 4.98 Å². The third-order valence-electron chi connectivity index (χ3n) is 4.11. The summed E-state index contributed by atoms with van der Waals surface area (Å²) in [7, 11) is 0. The highest BCUT2D eigenvalue weighted by Gasteiger charge is 2.35. The molecule has 1 aliphatic rings. The van der Waals surface area contributed by atoms with Crippen molar-refractivity contribution in [3.63, 3.8) is 0 Å². The summed E-state index contributed by atoms with van der Waals surface area (Å²) in [5.74, 6) is -1.90. The fourth-order valence-electron chi connectivity index (χ4n) is 2.75. The number of likely N-dealkylation sites (tertiary alicyclic amines) is 1. The fourth-order valence-corrected chi connectivity index (χ4v) is 3.90. The number of pyridine rings is 1. The van der Waals surface area contributed by atoms with Crippen LogP contribution in [0.4, 0.5) is 13.2 Å². The number of carbonyl (C=O) groups excluding carboxylic acids is 1. The van der Waals surface area contributed by atoms with Gasteiger partial charge in [-0.05, 0) is 31.0 Å². The molecule has 0 aliphatic carbocycles. The second kappa shape index (κ2) is 5.73. The third-order valence-corrected chi connectivity index (χ3v) is 5.30. The first-order valence-corrected chi connectivity index (χ1v) is 7.99. The van der Waals surface area contributed by atoms with Crippen molar-refractivity contribution in [1.29, 1.82) is 0 Å². The van der Waals surface area contributed by atoms with Gasteiger partial charge in [0.1, 0.15) is 10.5 Å². The lowest BCUT2D eigenvalue weighted by molar-refractivity contribution is -0.141. The molecule has 0 aromatic carbocycles. The van der Waals surface area contributed by atoms with Crippen molar-refractivity contribution in [2.45, 2.75) is 19.5 Å². The lowest BCUT2D eigenvalue weighted by Crippen LogP contribution is -2.29. The Balaban J connectivity index is 1.94. The van der Waals surface area contributed by atoms with Crippen LogP contribution in [0.3, 0.4) is 0 Å². The van der Waals surface area contributed by atoms with E-state index >= 15 is 0 Å². The molecule has 0 saturated carbocycles. The zero-order chi connectivity index (χ0) is 17.6. The van der Waals surface area contributed by atoms with Gasteiger partial charge in [-0.15, -0.1) is 11.3 Å². The van der Waals surface area contributed by atoms with Gasteiger partial charge >= 0.3 is 12.1 Å². The van der Waals surface area contributed by atoms with Crippen LogP contribution in [0.1, 0.15) is 27.3 Å². The summed E-state index contributed by atoms with van der Waals surface area (Å²) in [5, 5.41) is 9.51. The van der Waals surface area contributed by atoms with Crippen molar-refractivity contribution in [2.24, 2.45) is 5.92 Å². The number of aryl methyl sites for hydroxylation is 1. The van der Waals surface area contributed by atoms with Crippen LogP contribution in [0, 0.1) is 12.8 Å².